The summed E-state index contributed by atoms with van der Waals surface area (Å²) >= 11 is 6.36. The Morgan fingerprint density at radius 1 is 1.09 bits per heavy atom. The topological polar surface area (TPSA) is 74.8 Å². The van der Waals surface area contributed by atoms with Gasteiger partial charge in [0.2, 0.25) is 5.91 Å². The highest BCUT2D eigenvalue weighted by Gasteiger charge is 2.36. The minimum absolute atomic E-state index is 0.127. The van der Waals surface area contributed by atoms with Crippen molar-refractivity contribution >= 4 is 34.1 Å². The Kier molecular flexibility index (Phi) is 6.14. The van der Waals surface area contributed by atoms with E-state index < -0.39 is 0 Å². The van der Waals surface area contributed by atoms with Gasteiger partial charge < -0.3 is 9.72 Å². The third-order valence-electron chi connectivity index (χ3n) is 6.29. The molecule has 0 spiro atoms. The fourth-order valence-corrected chi connectivity index (χ4v) is 4.85. The van der Waals surface area contributed by atoms with E-state index in [1.165, 1.54) is 5.01 Å². The van der Waals surface area contributed by atoms with E-state index in [0.29, 0.717) is 34.0 Å². The van der Waals surface area contributed by atoms with E-state index in [9.17, 15) is 9.59 Å². The van der Waals surface area contributed by atoms with E-state index in [2.05, 4.69) is 4.98 Å². The van der Waals surface area contributed by atoms with Crippen LogP contribution in [0.4, 0.5) is 0 Å². The van der Waals surface area contributed by atoms with Crippen molar-refractivity contribution in [2.45, 2.75) is 25.8 Å². The number of para-hydroxylation sites is 1. The maximum Gasteiger partial charge on any atom is 0.258 e. The summed E-state index contributed by atoms with van der Waals surface area (Å²) in [5.74, 6) is 0.544. The molecular weight excluding hydrogens is 462 g/mol. The first-order chi connectivity index (χ1) is 17.0. The van der Waals surface area contributed by atoms with Gasteiger partial charge in [-0.3, -0.25) is 9.59 Å². The fourth-order valence-electron chi connectivity index (χ4n) is 4.68. The zero-order chi connectivity index (χ0) is 24.5. The quantitative estimate of drug-likeness (QED) is 0.380. The number of carbonyl (C=O) groups excluding carboxylic acids is 1. The number of pyridine rings is 1. The van der Waals surface area contributed by atoms with Gasteiger partial charge in [-0.05, 0) is 29.8 Å². The molecule has 0 bridgehead atoms. The zero-order valence-electron chi connectivity index (χ0n) is 19.4. The molecule has 1 amide bonds. The minimum atomic E-state index is -0.383. The number of benzene rings is 3. The van der Waals surface area contributed by atoms with Crippen molar-refractivity contribution in [2.75, 3.05) is 7.11 Å². The minimum Gasteiger partial charge on any atom is -0.496 e. The number of aromatic amines is 1. The predicted octanol–water partition coefficient (Wildman–Crippen LogP) is 5.94. The number of hydrazone groups is 1. The molecule has 2 heterocycles. The number of nitrogens with one attached hydrogen (secondary N) is 1. The number of hydrogen-bond acceptors (Lipinski definition) is 4. The lowest BCUT2D eigenvalue weighted by Crippen LogP contribution is -2.26. The zero-order valence-corrected chi connectivity index (χ0v) is 20.2. The number of halogens is 1. The Hall–Kier alpha value is -3.90. The average Bonchev–Trinajstić information content (AvgIpc) is 3.33. The third-order valence-corrected chi connectivity index (χ3v) is 6.53. The molecule has 1 aliphatic heterocycles. The normalized spacial score (nSPS) is 15.3. The molecule has 0 saturated heterocycles. The van der Waals surface area contributed by atoms with Crippen molar-refractivity contribution in [3.05, 3.63) is 99.3 Å². The van der Waals surface area contributed by atoms with E-state index in [1.807, 2.05) is 60.7 Å². The molecule has 1 aromatic heterocycles. The number of methoxy groups -OCH3 is 1. The first-order valence-corrected chi connectivity index (χ1v) is 11.8. The van der Waals surface area contributed by atoms with Crippen molar-refractivity contribution < 1.29 is 9.53 Å². The molecule has 3 aromatic carbocycles. The van der Waals surface area contributed by atoms with Crippen LogP contribution >= 0.6 is 11.6 Å². The largest absolute Gasteiger partial charge is 0.496 e. The Morgan fingerprint density at radius 3 is 2.57 bits per heavy atom. The summed E-state index contributed by atoms with van der Waals surface area (Å²) in [6.07, 6.45) is 0.665. The van der Waals surface area contributed by atoms with Crippen LogP contribution < -0.4 is 10.3 Å². The van der Waals surface area contributed by atoms with Crippen molar-refractivity contribution in [2.24, 2.45) is 5.10 Å². The number of fused-ring (bicyclic) bond motifs is 1. The molecule has 0 radical (unpaired) electrons. The van der Waals surface area contributed by atoms with E-state index in [4.69, 9.17) is 21.4 Å². The molecule has 6 nitrogen and oxygen atoms in total. The van der Waals surface area contributed by atoms with Crippen molar-refractivity contribution in [3.63, 3.8) is 0 Å². The summed E-state index contributed by atoms with van der Waals surface area (Å²) < 4.78 is 5.58. The lowest BCUT2D eigenvalue weighted by molar-refractivity contribution is -0.132. The Bertz CT molecular complexity index is 1510. The number of aromatic nitrogens is 1. The molecule has 5 rings (SSSR count). The molecule has 0 fully saturated rings. The summed E-state index contributed by atoms with van der Waals surface area (Å²) in [5.41, 5.74) is 3.87. The highest BCUT2D eigenvalue weighted by molar-refractivity contribution is 6.31. The van der Waals surface area contributed by atoms with Crippen LogP contribution in [0.1, 0.15) is 36.9 Å². The van der Waals surface area contributed by atoms with Gasteiger partial charge in [0.05, 0.1) is 24.4 Å². The van der Waals surface area contributed by atoms with E-state index in [1.54, 1.807) is 26.2 Å². The van der Waals surface area contributed by atoms with Gasteiger partial charge in [-0.25, -0.2) is 5.01 Å². The highest BCUT2D eigenvalue weighted by atomic mass is 35.5. The summed E-state index contributed by atoms with van der Waals surface area (Å²) in [6, 6.07) is 22.3. The van der Waals surface area contributed by atoms with Gasteiger partial charge in [-0.15, -0.1) is 0 Å². The fraction of sp³-hybridized carbons (Fsp3) is 0.179. The van der Waals surface area contributed by atoms with E-state index >= 15 is 0 Å². The van der Waals surface area contributed by atoms with Gasteiger partial charge in [0.25, 0.3) is 5.56 Å². The second-order valence-electron chi connectivity index (χ2n) is 8.36. The molecule has 1 atom stereocenters. The van der Waals surface area contributed by atoms with Crippen molar-refractivity contribution in [1.29, 1.82) is 0 Å². The summed E-state index contributed by atoms with van der Waals surface area (Å²) in [6.45, 7) is 1.80. The maximum absolute atomic E-state index is 13.5. The van der Waals surface area contributed by atoms with Crippen LogP contribution in [0.2, 0.25) is 5.02 Å². The van der Waals surface area contributed by atoms with Crippen molar-refractivity contribution in [3.8, 4) is 16.9 Å². The molecule has 1 N–H and O–H groups in total. The highest BCUT2D eigenvalue weighted by Crippen LogP contribution is 2.40. The molecule has 4 aromatic rings. The molecule has 0 unspecified atom stereocenters. The smallest absolute Gasteiger partial charge is 0.258 e. The van der Waals surface area contributed by atoms with Crippen LogP contribution in [0.5, 0.6) is 5.75 Å². The Labute approximate surface area is 207 Å². The third kappa shape index (κ3) is 4.10. The summed E-state index contributed by atoms with van der Waals surface area (Å²) in [4.78, 5) is 29.4. The first-order valence-electron chi connectivity index (χ1n) is 11.5. The van der Waals surface area contributed by atoms with Gasteiger partial charge in [-0.2, -0.15) is 5.10 Å². The van der Waals surface area contributed by atoms with Crippen LogP contribution in [0.3, 0.4) is 0 Å². The van der Waals surface area contributed by atoms with E-state index in [0.717, 1.165) is 22.1 Å². The van der Waals surface area contributed by atoms with Gasteiger partial charge in [0, 0.05) is 39.9 Å². The van der Waals surface area contributed by atoms with Gasteiger partial charge in [0.15, 0.2) is 0 Å². The molecule has 35 heavy (non-hydrogen) atoms. The number of amides is 1. The average molecular weight is 486 g/mol. The number of carbonyl (C=O) groups is 1. The monoisotopic (exact) mass is 485 g/mol. The SMILES string of the molecule is CCC(=O)N1N=C(c2c(-c3ccccc3)c3cc(Cl)ccc3[nH]c2=O)C[C@H]1c1ccccc1OC. The van der Waals surface area contributed by atoms with Gasteiger partial charge in [0.1, 0.15) is 5.75 Å². The van der Waals surface area contributed by atoms with Gasteiger partial charge >= 0.3 is 0 Å². The molecule has 1 aliphatic rings. The second kappa shape index (κ2) is 9.39. The number of rotatable bonds is 5. The number of hydrogen-bond donors (Lipinski definition) is 1. The Balaban J connectivity index is 1.75. The van der Waals surface area contributed by atoms with Crippen LogP contribution in [0.15, 0.2) is 82.7 Å². The van der Waals surface area contributed by atoms with Crippen LogP contribution in [0, 0.1) is 0 Å². The number of ether oxygens (including phenoxy) is 1. The van der Waals surface area contributed by atoms with Crippen LogP contribution in [-0.2, 0) is 4.79 Å². The summed E-state index contributed by atoms with van der Waals surface area (Å²) in [7, 11) is 1.60. The first kappa shape index (κ1) is 22.9. The molecule has 7 heteroatoms. The van der Waals surface area contributed by atoms with Crippen molar-refractivity contribution in [1.82, 2.24) is 9.99 Å². The van der Waals surface area contributed by atoms with E-state index in [-0.39, 0.29) is 23.9 Å². The molecular formula is C28H24ClN3O3. The standard InChI is InChI=1S/C28H24ClN3O3/c1-3-25(33)32-23(19-11-7-8-12-24(19)35-2)16-22(31-32)27-26(17-9-5-4-6-10-17)20-15-18(29)13-14-21(20)30-28(27)34/h4-15,23H,3,16H2,1-2H3,(H,30,34)/t23-/m0/s1. The molecule has 0 aliphatic carbocycles. The van der Waals surface area contributed by atoms with Crippen LogP contribution in [-0.4, -0.2) is 28.7 Å². The predicted molar refractivity (Wildman–Crippen MR) is 139 cm³/mol. The van der Waals surface area contributed by atoms with Gasteiger partial charge in [-0.1, -0.05) is 67.1 Å². The second-order valence-corrected chi connectivity index (χ2v) is 8.80. The number of H-pyrrole nitrogens is 1. The maximum atomic E-state index is 13.5. The lowest BCUT2D eigenvalue weighted by atomic mass is 9.91. The number of nitrogens with zero attached hydrogens (tertiary/aromatic N) is 2. The lowest BCUT2D eigenvalue weighted by Gasteiger charge is -2.23. The molecule has 176 valence electrons. The Morgan fingerprint density at radius 2 is 1.83 bits per heavy atom. The summed E-state index contributed by atoms with van der Waals surface area (Å²) in [5, 5.41) is 7.60. The van der Waals surface area contributed by atoms with Crippen LogP contribution in [0.25, 0.3) is 22.0 Å². The molecule has 0 saturated carbocycles.